The van der Waals surface area contributed by atoms with E-state index in [0.717, 1.165) is 35.6 Å². The van der Waals surface area contributed by atoms with Crippen molar-refractivity contribution in [1.82, 2.24) is 4.98 Å². The highest BCUT2D eigenvalue weighted by Crippen LogP contribution is 2.38. The summed E-state index contributed by atoms with van der Waals surface area (Å²) in [5, 5.41) is 9.98. The zero-order valence-electron chi connectivity index (χ0n) is 10.3. The van der Waals surface area contributed by atoms with Crippen molar-refractivity contribution in [2.45, 2.75) is 6.18 Å². The first-order chi connectivity index (χ1) is 9.84. The molecule has 1 aromatic heterocycles. The summed E-state index contributed by atoms with van der Waals surface area (Å²) >= 11 is 1.09. The van der Waals surface area contributed by atoms with Gasteiger partial charge in [0.2, 0.25) is 0 Å². The first-order valence-corrected chi connectivity index (χ1v) is 6.63. The van der Waals surface area contributed by atoms with Crippen LogP contribution in [0.4, 0.5) is 17.6 Å². The summed E-state index contributed by atoms with van der Waals surface area (Å²) in [5.74, 6) is -0.732. The molecule has 0 spiro atoms. The molecule has 0 atom stereocenters. The van der Waals surface area contributed by atoms with Crippen LogP contribution in [-0.4, -0.2) is 10.1 Å². The fourth-order valence-electron chi connectivity index (χ4n) is 1.90. The van der Waals surface area contributed by atoms with Crippen molar-refractivity contribution >= 4 is 21.6 Å². The quantitative estimate of drug-likeness (QED) is 0.653. The smallest absolute Gasteiger partial charge is 0.416 e. The van der Waals surface area contributed by atoms with E-state index in [1.54, 1.807) is 0 Å². The van der Waals surface area contributed by atoms with Gasteiger partial charge in [-0.05, 0) is 36.4 Å². The fraction of sp³-hybridized carbons (Fsp3) is 0.0714. The van der Waals surface area contributed by atoms with E-state index < -0.39 is 17.6 Å². The minimum absolute atomic E-state index is 0.157. The van der Waals surface area contributed by atoms with Crippen molar-refractivity contribution in [3.63, 3.8) is 0 Å². The average molecular weight is 313 g/mol. The van der Waals surface area contributed by atoms with Crippen molar-refractivity contribution in [3.05, 3.63) is 47.8 Å². The van der Waals surface area contributed by atoms with Crippen molar-refractivity contribution in [1.29, 1.82) is 0 Å². The lowest BCUT2D eigenvalue weighted by Crippen LogP contribution is -2.03. The number of alkyl halides is 3. The lowest BCUT2D eigenvalue weighted by atomic mass is 10.2. The third-order valence-electron chi connectivity index (χ3n) is 2.90. The number of aromatic nitrogens is 1. The Morgan fingerprint density at radius 3 is 2.52 bits per heavy atom. The van der Waals surface area contributed by atoms with Gasteiger partial charge in [-0.15, -0.1) is 11.3 Å². The Hall–Kier alpha value is -2.15. The van der Waals surface area contributed by atoms with E-state index in [-0.39, 0.29) is 21.8 Å². The van der Waals surface area contributed by atoms with Crippen LogP contribution in [0.25, 0.3) is 20.8 Å². The monoisotopic (exact) mass is 313 g/mol. The number of hydrogen-bond donors (Lipinski definition) is 1. The molecule has 0 bridgehead atoms. The van der Waals surface area contributed by atoms with Crippen LogP contribution < -0.4 is 0 Å². The van der Waals surface area contributed by atoms with Gasteiger partial charge in [-0.2, -0.15) is 13.2 Å². The van der Waals surface area contributed by atoms with Gasteiger partial charge in [0.15, 0.2) is 0 Å². The molecular formula is C14H7F4NOS. The lowest BCUT2D eigenvalue weighted by Gasteiger charge is -2.04. The number of nitrogens with zero attached hydrogens (tertiary/aromatic N) is 1. The van der Waals surface area contributed by atoms with Gasteiger partial charge in [0.1, 0.15) is 16.6 Å². The highest BCUT2D eigenvalue weighted by molar-refractivity contribution is 7.21. The highest BCUT2D eigenvalue weighted by Gasteiger charge is 2.30. The Labute approximate surface area is 120 Å². The van der Waals surface area contributed by atoms with Crippen molar-refractivity contribution < 1.29 is 22.7 Å². The van der Waals surface area contributed by atoms with Crippen LogP contribution in [0.3, 0.4) is 0 Å². The predicted molar refractivity (Wildman–Crippen MR) is 71.7 cm³/mol. The number of thiazole rings is 1. The third-order valence-corrected chi connectivity index (χ3v) is 3.97. The SMILES string of the molecule is Oc1ccc(F)cc1-c1nc2cc(C(F)(F)F)ccc2s1. The highest BCUT2D eigenvalue weighted by atomic mass is 32.1. The van der Waals surface area contributed by atoms with Gasteiger partial charge >= 0.3 is 6.18 Å². The second-order valence-corrected chi connectivity index (χ2v) is 5.39. The second kappa shape index (κ2) is 4.70. The molecule has 0 aliphatic carbocycles. The van der Waals surface area contributed by atoms with E-state index in [1.807, 2.05) is 0 Å². The molecule has 7 heteroatoms. The van der Waals surface area contributed by atoms with Gasteiger partial charge in [-0.3, -0.25) is 0 Å². The third kappa shape index (κ3) is 2.56. The van der Waals surface area contributed by atoms with Gasteiger partial charge in [0.05, 0.1) is 21.3 Å². The van der Waals surface area contributed by atoms with Gasteiger partial charge < -0.3 is 5.11 Å². The number of halogens is 4. The molecule has 0 aliphatic rings. The normalized spacial score (nSPS) is 12.0. The Bertz CT molecular complexity index is 825. The Kier molecular flexibility index (Phi) is 3.09. The van der Waals surface area contributed by atoms with Crippen molar-refractivity contribution in [3.8, 4) is 16.3 Å². The molecular weight excluding hydrogens is 306 g/mol. The van der Waals surface area contributed by atoms with Crippen molar-refractivity contribution in [2.24, 2.45) is 0 Å². The van der Waals surface area contributed by atoms with Crippen LogP contribution >= 0.6 is 11.3 Å². The number of rotatable bonds is 1. The fourth-order valence-corrected chi connectivity index (χ4v) is 2.87. The molecule has 2 aromatic carbocycles. The molecule has 0 saturated heterocycles. The molecule has 3 rings (SSSR count). The number of fused-ring (bicyclic) bond motifs is 1. The number of phenolic OH excluding ortho intramolecular Hbond substituents is 1. The summed E-state index contributed by atoms with van der Waals surface area (Å²) < 4.78 is 51.7. The number of phenols is 1. The molecule has 1 N–H and O–H groups in total. The number of hydrogen-bond acceptors (Lipinski definition) is 3. The van der Waals surface area contributed by atoms with E-state index in [9.17, 15) is 22.7 Å². The molecule has 0 saturated carbocycles. The summed E-state index contributed by atoms with van der Waals surface area (Å²) in [5.41, 5.74) is -0.478. The number of benzene rings is 2. The van der Waals surface area contributed by atoms with Crippen LogP contribution in [-0.2, 0) is 6.18 Å². The van der Waals surface area contributed by atoms with Crippen LogP contribution in [0.2, 0.25) is 0 Å². The van der Waals surface area contributed by atoms with E-state index in [4.69, 9.17) is 0 Å². The lowest BCUT2D eigenvalue weighted by molar-refractivity contribution is -0.137. The maximum atomic E-state index is 13.2. The van der Waals surface area contributed by atoms with Gasteiger partial charge in [0.25, 0.3) is 0 Å². The summed E-state index contributed by atoms with van der Waals surface area (Å²) in [4.78, 5) is 4.05. The van der Waals surface area contributed by atoms with Crippen molar-refractivity contribution in [2.75, 3.05) is 0 Å². The number of aromatic hydroxyl groups is 1. The van der Waals surface area contributed by atoms with Gasteiger partial charge in [-0.25, -0.2) is 9.37 Å². The van der Waals surface area contributed by atoms with E-state index in [1.165, 1.54) is 12.1 Å². The molecule has 0 fully saturated rings. The van der Waals surface area contributed by atoms with E-state index in [0.29, 0.717) is 4.70 Å². The van der Waals surface area contributed by atoms with E-state index >= 15 is 0 Å². The standard InChI is InChI=1S/C14H7F4NOS/c15-8-2-3-11(20)9(6-8)13-19-10-5-7(14(16,17)18)1-4-12(10)21-13/h1-6,20H. The van der Waals surface area contributed by atoms with Crippen LogP contribution in [0.15, 0.2) is 36.4 Å². The molecule has 21 heavy (non-hydrogen) atoms. The zero-order valence-corrected chi connectivity index (χ0v) is 11.1. The summed E-state index contributed by atoms with van der Waals surface area (Å²) in [6, 6.07) is 6.58. The molecule has 0 aliphatic heterocycles. The molecule has 0 amide bonds. The molecule has 0 radical (unpaired) electrons. The predicted octanol–water partition coefficient (Wildman–Crippen LogP) is 4.83. The minimum atomic E-state index is -4.45. The van der Waals surface area contributed by atoms with E-state index in [2.05, 4.69) is 4.98 Å². The van der Waals surface area contributed by atoms with Gasteiger partial charge in [0, 0.05) is 0 Å². The minimum Gasteiger partial charge on any atom is -0.507 e. The zero-order chi connectivity index (χ0) is 15.2. The largest absolute Gasteiger partial charge is 0.507 e. The Morgan fingerprint density at radius 1 is 1.05 bits per heavy atom. The van der Waals surface area contributed by atoms with Crippen LogP contribution in [0, 0.1) is 5.82 Å². The molecule has 1 heterocycles. The van der Waals surface area contributed by atoms with Crippen LogP contribution in [0.5, 0.6) is 5.75 Å². The first kappa shape index (κ1) is 13.8. The topological polar surface area (TPSA) is 33.1 Å². The van der Waals surface area contributed by atoms with Gasteiger partial charge in [-0.1, -0.05) is 0 Å². The Balaban J connectivity index is 2.15. The summed E-state index contributed by atoms with van der Waals surface area (Å²) in [6.07, 6.45) is -4.45. The molecule has 2 nitrogen and oxygen atoms in total. The van der Waals surface area contributed by atoms with Crippen LogP contribution in [0.1, 0.15) is 5.56 Å². The summed E-state index contributed by atoms with van der Waals surface area (Å²) in [7, 11) is 0. The maximum absolute atomic E-state index is 13.2. The first-order valence-electron chi connectivity index (χ1n) is 5.81. The summed E-state index contributed by atoms with van der Waals surface area (Å²) in [6.45, 7) is 0. The maximum Gasteiger partial charge on any atom is 0.416 e. The molecule has 0 unspecified atom stereocenters. The average Bonchev–Trinajstić information content (AvgIpc) is 2.83. The Morgan fingerprint density at radius 2 is 1.81 bits per heavy atom. The molecule has 108 valence electrons. The second-order valence-electron chi connectivity index (χ2n) is 4.36. The molecule has 3 aromatic rings.